The summed E-state index contributed by atoms with van der Waals surface area (Å²) in [7, 11) is 1.51. The van der Waals surface area contributed by atoms with Crippen LogP contribution in [0.25, 0.3) is 0 Å². The predicted octanol–water partition coefficient (Wildman–Crippen LogP) is 3.31. The molecule has 6 nitrogen and oxygen atoms in total. The molecule has 0 radical (unpaired) electrons. The fraction of sp³-hybridized carbons (Fsp3) is 0.111. The lowest BCUT2D eigenvalue weighted by atomic mass is 10.2. The van der Waals surface area contributed by atoms with Gasteiger partial charge in [-0.1, -0.05) is 24.4 Å². The molecule has 0 aliphatic heterocycles. The van der Waals surface area contributed by atoms with Gasteiger partial charge in [0.2, 0.25) is 0 Å². The van der Waals surface area contributed by atoms with E-state index >= 15 is 0 Å². The molecule has 1 amide bonds. The number of anilines is 1. The van der Waals surface area contributed by atoms with Gasteiger partial charge in [-0.25, -0.2) is 4.99 Å². The lowest BCUT2D eigenvalue weighted by Crippen LogP contribution is -2.17. The Morgan fingerprint density at radius 1 is 1.28 bits per heavy atom. The van der Waals surface area contributed by atoms with Crippen LogP contribution in [-0.2, 0) is 4.79 Å². The Morgan fingerprint density at radius 2 is 1.96 bits per heavy atom. The summed E-state index contributed by atoms with van der Waals surface area (Å²) in [5, 5.41) is 12.5. The molecule has 1 aromatic carbocycles. The molecule has 1 aromatic heterocycles. The van der Waals surface area contributed by atoms with Gasteiger partial charge in [0.05, 0.1) is 18.4 Å². The number of nitrogens with one attached hydrogen (secondary N) is 1. The number of aliphatic imine (C=N–C) groups is 1. The molecule has 25 heavy (non-hydrogen) atoms. The van der Waals surface area contributed by atoms with Crippen molar-refractivity contribution in [3.63, 3.8) is 0 Å². The van der Waals surface area contributed by atoms with Gasteiger partial charge in [-0.2, -0.15) is 0 Å². The van der Waals surface area contributed by atoms with E-state index in [0.717, 1.165) is 0 Å². The standard InChI is InChI=1S/C18H17N3O3S/c1-12(22)14(11-20-18(25)13-7-9-19-10-8-13)17(23)21-15-5-3-4-6-16(15)24-2/h3-11,22H,1-2H3,(H,21,23). The molecule has 0 bridgehead atoms. The third kappa shape index (κ3) is 4.95. The topological polar surface area (TPSA) is 83.8 Å². The van der Waals surface area contributed by atoms with Crippen molar-refractivity contribution < 1.29 is 14.6 Å². The number of pyridine rings is 1. The highest BCUT2D eigenvalue weighted by atomic mass is 32.1. The zero-order chi connectivity index (χ0) is 18.2. The molecular weight excluding hydrogens is 338 g/mol. The summed E-state index contributed by atoms with van der Waals surface area (Å²) >= 11 is 5.20. The van der Waals surface area contributed by atoms with Gasteiger partial charge in [0, 0.05) is 24.2 Å². The number of hydrogen-bond acceptors (Lipinski definition) is 5. The van der Waals surface area contributed by atoms with Crippen LogP contribution in [0.1, 0.15) is 12.5 Å². The molecule has 2 aromatic rings. The van der Waals surface area contributed by atoms with Crippen LogP contribution in [-0.4, -0.2) is 34.3 Å². The monoisotopic (exact) mass is 355 g/mol. The van der Waals surface area contributed by atoms with Gasteiger partial charge in [0.25, 0.3) is 5.91 Å². The van der Waals surface area contributed by atoms with Crippen LogP contribution < -0.4 is 10.1 Å². The molecule has 0 aliphatic rings. The highest BCUT2D eigenvalue weighted by Gasteiger charge is 2.14. The van der Waals surface area contributed by atoms with E-state index in [0.29, 0.717) is 17.0 Å². The molecule has 2 rings (SSSR count). The highest BCUT2D eigenvalue weighted by molar-refractivity contribution is 7.80. The third-order valence-corrected chi connectivity index (χ3v) is 3.57. The number of allylic oxidation sites excluding steroid dienone is 1. The van der Waals surface area contributed by atoms with E-state index < -0.39 is 5.91 Å². The van der Waals surface area contributed by atoms with Crippen molar-refractivity contribution in [2.75, 3.05) is 12.4 Å². The summed E-state index contributed by atoms with van der Waals surface area (Å²) in [6.45, 7) is 1.40. The second-order valence-corrected chi connectivity index (χ2v) is 5.34. The molecule has 128 valence electrons. The van der Waals surface area contributed by atoms with E-state index in [2.05, 4.69) is 15.3 Å². The average Bonchev–Trinajstić information content (AvgIpc) is 2.62. The number of thiocarbonyl (C=S) groups is 1. The Bertz CT molecular complexity index is 828. The Balaban J connectivity index is 2.18. The SMILES string of the molecule is COc1ccccc1NC(=O)C(C=NC(=S)c1ccncc1)=C(C)O. The molecule has 0 unspecified atom stereocenters. The highest BCUT2D eigenvalue weighted by Crippen LogP contribution is 2.23. The number of methoxy groups -OCH3 is 1. The number of nitrogens with zero attached hydrogens (tertiary/aromatic N) is 2. The summed E-state index contributed by atoms with van der Waals surface area (Å²) in [6, 6.07) is 10.4. The molecule has 2 N–H and O–H groups in total. The van der Waals surface area contributed by atoms with Crippen molar-refractivity contribution in [3.8, 4) is 5.75 Å². The molecular formula is C18H17N3O3S. The number of amides is 1. The van der Waals surface area contributed by atoms with E-state index in [1.807, 2.05) is 0 Å². The van der Waals surface area contributed by atoms with Crippen molar-refractivity contribution in [2.45, 2.75) is 6.92 Å². The van der Waals surface area contributed by atoms with E-state index in [1.165, 1.54) is 20.2 Å². The number of ether oxygens (including phenoxy) is 1. The fourth-order valence-corrected chi connectivity index (χ4v) is 2.13. The van der Waals surface area contributed by atoms with Crippen molar-refractivity contribution in [1.29, 1.82) is 0 Å². The maximum atomic E-state index is 12.4. The minimum Gasteiger partial charge on any atom is -0.512 e. The van der Waals surface area contributed by atoms with Crippen molar-refractivity contribution in [2.24, 2.45) is 4.99 Å². The summed E-state index contributed by atoms with van der Waals surface area (Å²) in [5.41, 5.74) is 1.18. The van der Waals surface area contributed by atoms with Crippen LogP contribution in [0.3, 0.4) is 0 Å². The Morgan fingerprint density at radius 3 is 2.60 bits per heavy atom. The number of hydrogen-bond donors (Lipinski definition) is 2. The Hall–Kier alpha value is -3.06. The zero-order valence-electron chi connectivity index (χ0n) is 13.8. The number of aromatic nitrogens is 1. The first kappa shape index (κ1) is 18.3. The summed E-state index contributed by atoms with van der Waals surface area (Å²) < 4.78 is 5.19. The smallest absolute Gasteiger partial charge is 0.260 e. The van der Waals surface area contributed by atoms with Gasteiger partial charge in [-0.3, -0.25) is 9.78 Å². The molecule has 0 saturated carbocycles. The maximum absolute atomic E-state index is 12.4. The molecule has 0 saturated heterocycles. The average molecular weight is 355 g/mol. The van der Waals surface area contributed by atoms with Gasteiger partial charge in [-0.05, 0) is 31.2 Å². The van der Waals surface area contributed by atoms with E-state index in [4.69, 9.17) is 17.0 Å². The second-order valence-electron chi connectivity index (χ2n) is 4.95. The van der Waals surface area contributed by atoms with Crippen molar-refractivity contribution >= 4 is 35.0 Å². The largest absolute Gasteiger partial charge is 0.512 e. The minimum absolute atomic E-state index is 0.00214. The van der Waals surface area contributed by atoms with E-state index in [9.17, 15) is 9.90 Å². The van der Waals surface area contributed by atoms with Crippen LogP contribution in [0.2, 0.25) is 0 Å². The predicted molar refractivity (Wildman–Crippen MR) is 101 cm³/mol. The van der Waals surface area contributed by atoms with Crippen LogP contribution in [0, 0.1) is 0 Å². The molecule has 0 aliphatic carbocycles. The third-order valence-electron chi connectivity index (χ3n) is 3.23. The lowest BCUT2D eigenvalue weighted by Gasteiger charge is -2.10. The van der Waals surface area contributed by atoms with Crippen LogP contribution >= 0.6 is 12.2 Å². The van der Waals surface area contributed by atoms with Crippen LogP contribution in [0.4, 0.5) is 5.69 Å². The normalized spacial score (nSPS) is 11.8. The Labute approximate surface area is 150 Å². The Kier molecular flexibility index (Phi) is 6.36. The summed E-state index contributed by atoms with van der Waals surface area (Å²) in [4.78, 5) is 20.7. The number of aliphatic hydroxyl groups is 1. The van der Waals surface area contributed by atoms with Gasteiger partial charge >= 0.3 is 0 Å². The van der Waals surface area contributed by atoms with E-state index in [1.54, 1.807) is 48.8 Å². The van der Waals surface area contributed by atoms with Crippen molar-refractivity contribution in [1.82, 2.24) is 4.98 Å². The second kappa shape index (κ2) is 8.70. The minimum atomic E-state index is -0.522. The summed E-state index contributed by atoms with van der Waals surface area (Å²) in [6.07, 6.45) is 4.43. The summed E-state index contributed by atoms with van der Waals surface area (Å²) in [5.74, 6) is -0.186. The first-order chi connectivity index (χ1) is 12.0. The van der Waals surface area contributed by atoms with Gasteiger partial charge < -0.3 is 15.2 Å². The molecule has 7 heteroatoms. The van der Waals surface area contributed by atoms with Gasteiger partial charge in [0.1, 0.15) is 16.5 Å². The number of para-hydroxylation sites is 2. The molecule has 0 spiro atoms. The quantitative estimate of drug-likeness (QED) is 0.372. The molecule has 0 atom stereocenters. The van der Waals surface area contributed by atoms with Gasteiger partial charge in [-0.15, -0.1) is 0 Å². The molecule has 1 heterocycles. The number of carbonyl (C=O) groups is 1. The number of aliphatic hydroxyl groups excluding tert-OH is 1. The fourth-order valence-electron chi connectivity index (χ4n) is 1.95. The lowest BCUT2D eigenvalue weighted by molar-refractivity contribution is -0.112. The zero-order valence-corrected chi connectivity index (χ0v) is 14.6. The molecule has 0 fully saturated rings. The van der Waals surface area contributed by atoms with Crippen LogP contribution in [0.15, 0.2) is 65.1 Å². The first-order valence-electron chi connectivity index (χ1n) is 7.35. The van der Waals surface area contributed by atoms with E-state index in [-0.39, 0.29) is 16.3 Å². The van der Waals surface area contributed by atoms with Crippen molar-refractivity contribution in [3.05, 3.63) is 65.7 Å². The number of carbonyl (C=O) groups excluding carboxylic acids is 1. The number of benzene rings is 1. The van der Waals surface area contributed by atoms with Crippen LogP contribution in [0.5, 0.6) is 5.75 Å². The maximum Gasteiger partial charge on any atom is 0.260 e. The van der Waals surface area contributed by atoms with Gasteiger partial charge in [0.15, 0.2) is 0 Å². The number of rotatable bonds is 5. The first-order valence-corrected chi connectivity index (χ1v) is 7.76.